The number of nitrogens with zero attached hydrogens (tertiary/aromatic N) is 4. The van der Waals surface area contributed by atoms with Crippen molar-refractivity contribution in [3.8, 4) is 28.1 Å². The molecule has 0 radical (unpaired) electrons. The molecule has 0 bridgehead atoms. The lowest BCUT2D eigenvalue weighted by atomic mass is 9.92. The first-order chi connectivity index (χ1) is 27.7. The van der Waals surface area contributed by atoms with Gasteiger partial charge < -0.3 is 39.1 Å². The normalized spacial score (nSPS) is 20.9. The number of benzene rings is 3. The van der Waals surface area contributed by atoms with Crippen molar-refractivity contribution in [2.24, 2.45) is 11.8 Å². The Labute approximate surface area is 338 Å². The zero-order chi connectivity index (χ0) is 41.0. The van der Waals surface area contributed by atoms with E-state index in [0.717, 1.165) is 86.4 Å². The molecule has 5 heterocycles. The molecule has 8 rings (SSSR count). The van der Waals surface area contributed by atoms with Gasteiger partial charge in [-0.05, 0) is 99.2 Å². The van der Waals surface area contributed by atoms with Crippen LogP contribution in [0.2, 0.25) is 0 Å². The topological polar surface area (TPSA) is 164 Å². The van der Waals surface area contributed by atoms with Gasteiger partial charge in [-0.15, -0.1) is 0 Å². The lowest BCUT2D eigenvalue weighted by Gasteiger charge is -2.32. The third-order valence-corrected chi connectivity index (χ3v) is 11.6. The zero-order valence-electron chi connectivity index (χ0n) is 34.5. The van der Waals surface area contributed by atoms with E-state index < -0.39 is 17.7 Å². The third-order valence-electron chi connectivity index (χ3n) is 11.6. The van der Waals surface area contributed by atoms with E-state index in [4.69, 9.17) is 28.9 Å². The number of nitrogens with one attached hydrogen (secondary N) is 3. The van der Waals surface area contributed by atoms with Crippen LogP contribution < -0.4 is 10.1 Å². The number of amides is 3. The fourth-order valence-corrected chi connectivity index (χ4v) is 8.83. The molecular formula is C44H53N7O7. The molecule has 5 atom stereocenters. The smallest absolute Gasteiger partial charge is 0.410 e. The van der Waals surface area contributed by atoms with Gasteiger partial charge in [0.15, 0.2) is 0 Å². The molecule has 3 aliphatic rings. The summed E-state index contributed by atoms with van der Waals surface area (Å²) >= 11 is 0. The van der Waals surface area contributed by atoms with Gasteiger partial charge in [0.2, 0.25) is 5.91 Å². The molecule has 0 spiro atoms. The molecule has 3 N–H and O–H groups in total. The predicted octanol–water partition coefficient (Wildman–Crippen LogP) is 8.04. The summed E-state index contributed by atoms with van der Waals surface area (Å²) in [6.07, 6.45) is 3.14. The summed E-state index contributed by atoms with van der Waals surface area (Å²) in [4.78, 5) is 59.8. The second kappa shape index (κ2) is 15.3. The molecular weight excluding hydrogens is 739 g/mol. The lowest BCUT2D eigenvalue weighted by molar-refractivity contribution is -0.137. The molecule has 3 aromatic carbocycles. The van der Waals surface area contributed by atoms with Crippen molar-refractivity contribution < 1.29 is 33.3 Å². The largest absolute Gasteiger partial charge is 0.488 e. The molecule has 14 nitrogen and oxygen atoms in total. The maximum Gasteiger partial charge on any atom is 0.410 e. The van der Waals surface area contributed by atoms with Gasteiger partial charge in [-0.25, -0.2) is 19.6 Å². The van der Waals surface area contributed by atoms with E-state index in [1.807, 2.05) is 58.7 Å². The highest BCUT2D eigenvalue weighted by Gasteiger charge is 2.42. The number of fused-ring (bicyclic) bond motifs is 6. The van der Waals surface area contributed by atoms with Crippen molar-refractivity contribution >= 4 is 39.9 Å². The molecule has 2 fully saturated rings. The highest BCUT2D eigenvalue weighted by molar-refractivity contribution is 6.07. The van der Waals surface area contributed by atoms with Crippen molar-refractivity contribution in [1.29, 1.82) is 0 Å². The number of aromatic amines is 2. The SMILES string of the molecule is COC[C@@H]1C[C@@H](c2ncc(-c3ccc4c(c3)COc3cc5c(ccc6[nH]c([C@@H]7CC[C@H](C)N7C(=O)[C@@H](NC(=O)OC)C(C)C)nc65)cc3-4)[nH]2)N(C(=O)OC(C)(C)C)C1. The number of likely N-dealkylation sites (tertiary alicyclic amines) is 2. The molecule has 58 heavy (non-hydrogen) atoms. The van der Waals surface area contributed by atoms with E-state index in [-0.39, 0.29) is 42.0 Å². The summed E-state index contributed by atoms with van der Waals surface area (Å²) in [7, 11) is 2.98. The number of rotatable bonds is 8. The Balaban J connectivity index is 1.06. The molecule has 14 heteroatoms. The van der Waals surface area contributed by atoms with Gasteiger partial charge in [-0.2, -0.15) is 0 Å². The molecule has 0 aliphatic carbocycles. The molecule has 2 saturated heterocycles. The number of imidazole rings is 2. The summed E-state index contributed by atoms with van der Waals surface area (Å²) in [5.74, 6) is 2.12. The molecule has 3 aliphatic heterocycles. The van der Waals surface area contributed by atoms with Crippen LogP contribution >= 0.6 is 0 Å². The van der Waals surface area contributed by atoms with Crippen molar-refractivity contribution in [3.63, 3.8) is 0 Å². The number of ether oxygens (including phenoxy) is 4. The number of hydrogen-bond donors (Lipinski definition) is 3. The summed E-state index contributed by atoms with van der Waals surface area (Å²) in [6, 6.07) is 13.5. The van der Waals surface area contributed by atoms with Crippen LogP contribution in [-0.4, -0.2) is 92.9 Å². The van der Waals surface area contributed by atoms with Crippen LogP contribution in [0.3, 0.4) is 0 Å². The van der Waals surface area contributed by atoms with E-state index in [9.17, 15) is 14.4 Å². The van der Waals surface area contributed by atoms with Crippen LogP contribution in [0, 0.1) is 11.8 Å². The number of carbonyl (C=O) groups excluding carboxylic acids is 3. The minimum atomic E-state index is -0.719. The van der Waals surface area contributed by atoms with Gasteiger partial charge in [0.05, 0.1) is 48.7 Å². The van der Waals surface area contributed by atoms with Crippen molar-refractivity contribution in [3.05, 3.63) is 65.9 Å². The molecule has 2 aromatic heterocycles. The molecule has 0 unspecified atom stereocenters. The van der Waals surface area contributed by atoms with Gasteiger partial charge in [0.1, 0.15) is 35.6 Å². The maximum absolute atomic E-state index is 14.0. The minimum absolute atomic E-state index is 0.0184. The highest BCUT2D eigenvalue weighted by Crippen LogP contribution is 2.44. The molecule has 0 saturated carbocycles. The maximum atomic E-state index is 14.0. The Morgan fingerprint density at radius 1 is 1.00 bits per heavy atom. The summed E-state index contributed by atoms with van der Waals surface area (Å²) < 4.78 is 22.4. The van der Waals surface area contributed by atoms with E-state index in [2.05, 4.69) is 51.7 Å². The highest BCUT2D eigenvalue weighted by atomic mass is 16.6. The Morgan fingerprint density at radius 2 is 1.81 bits per heavy atom. The van der Waals surface area contributed by atoms with E-state index >= 15 is 0 Å². The average molecular weight is 792 g/mol. The Hall–Kier alpha value is -5.63. The number of H-pyrrole nitrogens is 2. The summed E-state index contributed by atoms with van der Waals surface area (Å²) in [5.41, 5.74) is 6.07. The van der Waals surface area contributed by atoms with E-state index in [1.54, 1.807) is 12.0 Å². The molecule has 3 amide bonds. The number of hydrogen-bond acceptors (Lipinski definition) is 9. The van der Waals surface area contributed by atoms with Gasteiger partial charge in [-0.3, -0.25) is 9.69 Å². The first-order valence-electron chi connectivity index (χ1n) is 20.2. The Bertz CT molecular complexity index is 2380. The summed E-state index contributed by atoms with van der Waals surface area (Å²) in [6.45, 7) is 13.0. The fourth-order valence-electron chi connectivity index (χ4n) is 8.83. The Morgan fingerprint density at radius 3 is 2.55 bits per heavy atom. The monoisotopic (exact) mass is 791 g/mol. The lowest BCUT2D eigenvalue weighted by Crippen LogP contribution is -2.52. The van der Waals surface area contributed by atoms with E-state index in [1.165, 1.54) is 7.11 Å². The third kappa shape index (κ3) is 7.34. The van der Waals surface area contributed by atoms with Crippen LogP contribution in [0.4, 0.5) is 9.59 Å². The first-order valence-corrected chi connectivity index (χ1v) is 20.2. The summed E-state index contributed by atoms with van der Waals surface area (Å²) in [5, 5.41) is 4.72. The molecule has 5 aromatic rings. The van der Waals surface area contributed by atoms with E-state index in [0.29, 0.717) is 19.8 Å². The predicted molar refractivity (Wildman–Crippen MR) is 219 cm³/mol. The van der Waals surface area contributed by atoms with Crippen LogP contribution in [-0.2, 0) is 25.6 Å². The number of alkyl carbamates (subject to hydrolysis) is 1. The fraction of sp³-hybridized carbons (Fsp3) is 0.477. The number of carbonyl (C=O) groups is 3. The minimum Gasteiger partial charge on any atom is -0.488 e. The van der Waals surface area contributed by atoms with Gasteiger partial charge >= 0.3 is 12.2 Å². The Kier molecular flexibility index (Phi) is 10.3. The van der Waals surface area contributed by atoms with Crippen molar-refractivity contribution in [2.75, 3.05) is 27.4 Å². The first kappa shape index (κ1) is 39.2. The van der Waals surface area contributed by atoms with Gasteiger partial charge in [-0.1, -0.05) is 32.0 Å². The number of aromatic nitrogens is 4. The van der Waals surface area contributed by atoms with Crippen LogP contribution in [0.5, 0.6) is 5.75 Å². The van der Waals surface area contributed by atoms with Crippen molar-refractivity contribution in [1.82, 2.24) is 35.1 Å². The van der Waals surface area contributed by atoms with Gasteiger partial charge in [0, 0.05) is 36.6 Å². The van der Waals surface area contributed by atoms with Crippen LogP contribution in [0.25, 0.3) is 44.2 Å². The van der Waals surface area contributed by atoms with Crippen LogP contribution in [0.15, 0.2) is 48.7 Å². The van der Waals surface area contributed by atoms with Gasteiger partial charge in [0.25, 0.3) is 0 Å². The van der Waals surface area contributed by atoms with Crippen LogP contribution in [0.1, 0.15) is 90.1 Å². The zero-order valence-corrected chi connectivity index (χ0v) is 34.5. The second-order valence-electron chi connectivity index (χ2n) is 17.2. The number of methoxy groups -OCH3 is 2. The molecule has 306 valence electrons. The van der Waals surface area contributed by atoms with Crippen molar-refractivity contribution in [2.45, 2.75) is 97.2 Å². The average Bonchev–Trinajstić information content (AvgIpc) is 4.00. The quantitative estimate of drug-likeness (QED) is 0.141. The standard InChI is InChI=1S/C44H53N7O7/c1-23(2)37(49-42(53)56-8)41(52)51-24(3)9-14-34(51)40-46-32-13-11-26-17-31-29-12-10-27(16-28(29)22-57-36(31)18-30(26)38(32)48-40)33-19-45-39(47-33)35-15-25(21-55-7)20-50(35)43(54)58-44(4,5)6/h10-13,16-19,23-25,34-35,37H,9,14-15,20-22H2,1-8H3,(H,45,47)(H,46,48)(H,49,53)/t24-,25+,34-,35-,37-/m0/s1. The second-order valence-corrected chi connectivity index (χ2v) is 17.2.